The fourth-order valence-electron chi connectivity index (χ4n) is 2.28. The van der Waals surface area contributed by atoms with Gasteiger partial charge in [0.25, 0.3) is 5.69 Å². The lowest BCUT2D eigenvalue weighted by molar-refractivity contribution is -0.383. The van der Waals surface area contributed by atoms with Gasteiger partial charge in [-0.15, -0.1) is 16.9 Å². The molecule has 0 atom stereocenters. The molecule has 3 rings (SSSR count). The number of benzene rings is 2. The predicted octanol–water partition coefficient (Wildman–Crippen LogP) is 3.02. The van der Waals surface area contributed by atoms with Gasteiger partial charge in [-0.25, -0.2) is 0 Å². The van der Waals surface area contributed by atoms with Gasteiger partial charge in [0.2, 0.25) is 11.1 Å². The molecule has 1 heterocycles. The molecule has 9 nitrogen and oxygen atoms in total. The van der Waals surface area contributed by atoms with Gasteiger partial charge in [0.15, 0.2) is 0 Å². The summed E-state index contributed by atoms with van der Waals surface area (Å²) in [7, 11) is 0. The summed E-state index contributed by atoms with van der Waals surface area (Å²) < 4.78 is 1.56. The molecule has 0 unspecified atom stereocenters. The number of thioether (sulfide) groups is 2. The van der Waals surface area contributed by atoms with Gasteiger partial charge >= 0.3 is 0 Å². The molecule has 0 saturated heterocycles. The highest BCUT2D eigenvalue weighted by Crippen LogP contribution is 2.27. The molecule has 1 N–H and O–H groups in total. The molecule has 2 aromatic carbocycles. The monoisotopic (exact) mass is 402 g/mol. The Balaban J connectivity index is 1.71. The maximum absolute atomic E-state index is 12.2. The fourth-order valence-corrected chi connectivity index (χ4v) is 3.54. The molecule has 0 saturated carbocycles. The maximum Gasteiger partial charge on any atom is 0.292 e. The molecule has 0 fully saturated rings. The van der Waals surface area contributed by atoms with Crippen LogP contribution >= 0.6 is 23.5 Å². The van der Waals surface area contributed by atoms with Gasteiger partial charge in [0, 0.05) is 11.0 Å². The normalized spacial score (nSPS) is 10.6. The summed E-state index contributed by atoms with van der Waals surface area (Å²) >= 11 is 2.71. The Morgan fingerprint density at radius 1 is 1.22 bits per heavy atom. The van der Waals surface area contributed by atoms with Crippen molar-refractivity contribution in [1.29, 1.82) is 0 Å². The molecule has 0 spiro atoms. The quantitative estimate of drug-likeness (QED) is 0.364. The maximum atomic E-state index is 12.2. The second-order valence-corrected chi connectivity index (χ2v) is 6.95. The first-order valence-corrected chi connectivity index (χ1v) is 9.89. The van der Waals surface area contributed by atoms with Gasteiger partial charge < -0.3 is 5.32 Å². The number of hydrogen-bond donors (Lipinski definition) is 1. The second kappa shape index (κ2) is 8.64. The van der Waals surface area contributed by atoms with Crippen LogP contribution in [-0.2, 0) is 4.79 Å². The van der Waals surface area contributed by atoms with Crippen LogP contribution in [-0.4, -0.2) is 43.0 Å². The Hall–Kier alpha value is -2.92. The van der Waals surface area contributed by atoms with E-state index < -0.39 is 4.92 Å². The predicted molar refractivity (Wildman–Crippen MR) is 103 cm³/mol. The van der Waals surface area contributed by atoms with Crippen LogP contribution in [0, 0.1) is 10.1 Å². The molecule has 11 heteroatoms. The first kappa shape index (κ1) is 18.9. The number of tetrazole rings is 1. The zero-order valence-electron chi connectivity index (χ0n) is 14.1. The van der Waals surface area contributed by atoms with Gasteiger partial charge in [-0.1, -0.05) is 36.0 Å². The smallest absolute Gasteiger partial charge is 0.292 e. The van der Waals surface area contributed by atoms with E-state index in [1.807, 2.05) is 30.5 Å². The third kappa shape index (κ3) is 4.44. The zero-order valence-corrected chi connectivity index (χ0v) is 15.7. The van der Waals surface area contributed by atoms with Crippen molar-refractivity contribution >= 4 is 40.8 Å². The lowest BCUT2D eigenvalue weighted by Gasteiger charge is -2.08. The topological polar surface area (TPSA) is 116 Å². The van der Waals surface area contributed by atoms with E-state index in [9.17, 15) is 14.9 Å². The number of aromatic nitrogens is 4. The summed E-state index contributed by atoms with van der Waals surface area (Å²) in [5.41, 5.74) is 0.812. The van der Waals surface area contributed by atoms with Crippen molar-refractivity contribution in [2.45, 2.75) is 10.1 Å². The average Bonchev–Trinajstić information content (AvgIpc) is 3.15. The van der Waals surface area contributed by atoms with Crippen molar-refractivity contribution in [3.63, 3.8) is 0 Å². The van der Waals surface area contributed by atoms with Gasteiger partial charge in [-0.3, -0.25) is 14.9 Å². The number of nitro groups is 1. The molecule has 0 radical (unpaired) electrons. The number of hydrogen-bond acceptors (Lipinski definition) is 8. The number of carbonyl (C=O) groups is 1. The van der Waals surface area contributed by atoms with Crippen LogP contribution in [0.4, 0.5) is 11.4 Å². The summed E-state index contributed by atoms with van der Waals surface area (Å²) in [6.07, 6.45) is 1.95. The van der Waals surface area contributed by atoms with E-state index in [1.54, 1.807) is 28.6 Å². The minimum absolute atomic E-state index is 0.00779. The third-order valence-electron chi connectivity index (χ3n) is 3.46. The van der Waals surface area contributed by atoms with Crippen molar-refractivity contribution < 1.29 is 9.72 Å². The van der Waals surface area contributed by atoms with Crippen LogP contribution in [0.2, 0.25) is 0 Å². The van der Waals surface area contributed by atoms with Crippen LogP contribution in [0.25, 0.3) is 5.69 Å². The Morgan fingerprint density at radius 3 is 2.74 bits per heavy atom. The van der Waals surface area contributed by atoms with E-state index in [-0.39, 0.29) is 23.0 Å². The molecular formula is C16H14N6O3S2. The van der Waals surface area contributed by atoms with Crippen LogP contribution < -0.4 is 5.32 Å². The minimum atomic E-state index is -0.539. The molecule has 3 aromatic rings. The highest BCUT2D eigenvalue weighted by molar-refractivity contribution is 7.99. The number of carbonyl (C=O) groups excluding carboxylic acids is 1. The molecule has 0 aliphatic carbocycles. The zero-order chi connectivity index (χ0) is 19.2. The number of para-hydroxylation sites is 3. The van der Waals surface area contributed by atoms with Gasteiger partial charge in [0.1, 0.15) is 5.69 Å². The largest absolute Gasteiger partial charge is 0.320 e. The summed E-state index contributed by atoms with van der Waals surface area (Å²) in [5.74, 6) is -0.379. The summed E-state index contributed by atoms with van der Waals surface area (Å²) in [5, 5.41) is 25.7. The molecule has 138 valence electrons. The standard InChI is InChI=1S/C16H14N6O3S2/c1-26-14-9-5-4-8-13(14)21-16(18-19-20-21)27-10-15(23)17-11-6-2-3-7-12(11)22(24)25/h2-9H,10H2,1H3,(H,17,23). The van der Waals surface area contributed by atoms with Crippen molar-refractivity contribution in [3.8, 4) is 5.69 Å². The van der Waals surface area contributed by atoms with Crippen molar-refractivity contribution in [2.24, 2.45) is 0 Å². The number of anilines is 1. The summed E-state index contributed by atoms with van der Waals surface area (Å²) in [4.78, 5) is 23.7. The molecule has 27 heavy (non-hydrogen) atoms. The molecule has 0 aliphatic heterocycles. The minimum Gasteiger partial charge on any atom is -0.320 e. The van der Waals surface area contributed by atoms with E-state index in [4.69, 9.17) is 0 Å². The average molecular weight is 402 g/mol. The number of nitrogens with zero attached hydrogens (tertiary/aromatic N) is 5. The lowest BCUT2D eigenvalue weighted by atomic mass is 10.2. The van der Waals surface area contributed by atoms with Gasteiger partial charge in [-0.2, -0.15) is 4.68 Å². The number of nitrogens with one attached hydrogen (secondary N) is 1. The van der Waals surface area contributed by atoms with E-state index >= 15 is 0 Å². The Bertz CT molecular complexity index is 978. The molecule has 1 amide bonds. The summed E-state index contributed by atoms with van der Waals surface area (Å²) in [6.45, 7) is 0. The molecule has 1 aromatic heterocycles. The summed E-state index contributed by atoms with van der Waals surface area (Å²) in [6, 6.07) is 13.6. The fraction of sp³-hybridized carbons (Fsp3) is 0.125. The van der Waals surface area contributed by atoms with Crippen LogP contribution in [0.5, 0.6) is 0 Å². The molecule has 0 aliphatic rings. The first-order chi connectivity index (χ1) is 13.1. The third-order valence-corrected chi connectivity index (χ3v) is 5.17. The number of amides is 1. The Morgan fingerprint density at radius 2 is 1.96 bits per heavy atom. The lowest BCUT2D eigenvalue weighted by Crippen LogP contribution is -2.15. The molecular weight excluding hydrogens is 388 g/mol. The van der Waals surface area contributed by atoms with Crippen molar-refractivity contribution in [3.05, 3.63) is 58.6 Å². The van der Waals surface area contributed by atoms with E-state index in [1.165, 1.54) is 12.1 Å². The Kier molecular flexibility index (Phi) is 6.04. The number of nitro benzene ring substituents is 1. The van der Waals surface area contributed by atoms with Crippen LogP contribution in [0.15, 0.2) is 58.6 Å². The highest BCUT2D eigenvalue weighted by atomic mass is 32.2. The van der Waals surface area contributed by atoms with Gasteiger partial charge in [0.05, 0.1) is 16.4 Å². The van der Waals surface area contributed by atoms with Crippen LogP contribution in [0.3, 0.4) is 0 Å². The highest BCUT2D eigenvalue weighted by Gasteiger charge is 2.17. The van der Waals surface area contributed by atoms with E-state index in [2.05, 4.69) is 20.8 Å². The molecule has 0 bridgehead atoms. The Labute approximate surface area is 162 Å². The SMILES string of the molecule is CSc1ccccc1-n1nnnc1SCC(=O)Nc1ccccc1[N+](=O)[O-]. The van der Waals surface area contributed by atoms with E-state index in [0.717, 1.165) is 22.3 Å². The second-order valence-electron chi connectivity index (χ2n) is 5.16. The number of rotatable bonds is 7. The van der Waals surface area contributed by atoms with Gasteiger partial charge in [-0.05, 0) is 34.9 Å². The van der Waals surface area contributed by atoms with E-state index in [0.29, 0.717) is 5.16 Å². The van der Waals surface area contributed by atoms with Crippen LogP contribution in [0.1, 0.15) is 0 Å². The van der Waals surface area contributed by atoms with Crippen molar-refractivity contribution in [2.75, 3.05) is 17.3 Å². The first-order valence-electron chi connectivity index (χ1n) is 7.68. The van der Waals surface area contributed by atoms with Crippen molar-refractivity contribution in [1.82, 2.24) is 20.2 Å².